The van der Waals surface area contributed by atoms with Gasteiger partial charge in [0.05, 0.1) is 6.10 Å². The van der Waals surface area contributed by atoms with Crippen LogP contribution in [0.5, 0.6) is 0 Å². The van der Waals surface area contributed by atoms with E-state index in [1.54, 1.807) is 6.07 Å². The summed E-state index contributed by atoms with van der Waals surface area (Å²) in [6.45, 7) is 1.81. The Balaban J connectivity index is 1.54. The van der Waals surface area contributed by atoms with E-state index in [0.29, 0.717) is 48.3 Å². The standard InChI is InChI=1S/C23H25NO3/c1-2-22(26)21-10-15(9-16(24-21)8-14-6-4-3-5-7-14)23(27)13-20-18-11-17(25)12-19(18)20/h3-7,9-10,17-20,25H,2,8,11-13H2,1H3/t17?,18-,19+,20?. The lowest BCUT2D eigenvalue weighted by atomic mass is 9.98. The van der Waals surface area contributed by atoms with Gasteiger partial charge in [0.1, 0.15) is 5.69 Å². The third-order valence-corrected chi connectivity index (χ3v) is 6.05. The van der Waals surface area contributed by atoms with Crippen molar-refractivity contribution in [1.82, 2.24) is 4.98 Å². The second kappa shape index (κ2) is 7.35. The van der Waals surface area contributed by atoms with Crippen molar-refractivity contribution in [2.75, 3.05) is 0 Å². The third-order valence-electron chi connectivity index (χ3n) is 6.05. The fraction of sp³-hybridized carbons (Fsp3) is 0.435. The Hall–Kier alpha value is -2.33. The molecular formula is C23H25NO3. The van der Waals surface area contributed by atoms with Gasteiger partial charge in [-0.25, -0.2) is 4.98 Å². The van der Waals surface area contributed by atoms with E-state index in [9.17, 15) is 14.7 Å². The molecule has 0 radical (unpaired) electrons. The van der Waals surface area contributed by atoms with Crippen molar-refractivity contribution in [3.8, 4) is 0 Å². The number of aliphatic hydroxyl groups is 1. The Morgan fingerprint density at radius 3 is 2.44 bits per heavy atom. The van der Waals surface area contributed by atoms with E-state index in [2.05, 4.69) is 4.98 Å². The minimum absolute atomic E-state index is 0.0367. The molecule has 0 saturated heterocycles. The molecule has 2 aliphatic rings. The summed E-state index contributed by atoms with van der Waals surface area (Å²) in [6.07, 6.45) is 2.97. The molecule has 4 rings (SSSR count). The number of carbonyl (C=O) groups is 2. The lowest BCUT2D eigenvalue weighted by Gasteiger charge is -2.10. The zero-order chi connectivity index (χ0) is 19.0. The molecule has 0 spiro atoms. The smallest absolute Gasteiger partial charge is 0.180 e. The van der Waals surface area contributed by atoms with Crippen LogP contribution in [0.4, 0.5) is 0 Å². The predicted molar refractivity (Wildman–Crippen MR) is 103 cm³/mol. The number of aromatic nitrogens is 1. The monoisotopic (exact) mass is 363 g/mol. The fourth-order valence-electron chi connectivity index (χ4n) is 4.55. The number of pyridine rings is 1. The van der Waals surface area contributed by atoms with Crippen LogP contribution >= 0.6 is 0 Å². The maximum Gasteiger partial charge on any atom is 0.180 e. The molecular weight excluding hydrogens is 338 g/mol. The number of Topliss-reactive ketones (excluding diaryl/α,β-unsaturated/α-hetero) is 2. The Bertz CT molecular complexity index is 849. The summed E-state index contributed by atoms with van der Waals surface area (Å²) < 4.78 is 0. The van der Waals surface area contributed by atoms with Crippen LogP contribution in [0.2, 0.25) is 0 Å². The Morgan fingerprint density at radius 2 is 1.78 bits per heavy atom. The van der Waals surface area contributed by atoms with Gasteiger partial charge in [0.15, 0.2) is 11.6 Å². The van der Waals surface area contributed by atoms with Gasteiger partial charge in [-0.3, -0.25) is 9.59 Å². The number of carbonyl (C=O) groups excluding carboxylic acids is 2. The van der Waals surface area contributed by atoms with E-state index in [-0.39, 0.29) is 17.7 Å². The Kier molecular flexibility index (Phi) is 4.92. The minimum atomic E-state index is -0.182. The lowest BCUT2D eigenvalue weighted by molar-refractivity contribution is 0.0960. The summed E-state index contributed by atoms with van der Waals surface area (Å²) >= 11 is 0. The zero-order valence-corrected chi connectivity index (χ0v) is 15.6. The van der Waals surface area contributed by atoms with Gasteiger partial charge in [0.25, 0.3) is 0 Å². The van der Waals surface area contributed by atoms with Crippen LogP contribution in [0.15, 0.2) is 42.5 Å². The number of ketones is 2. The molecule has 2 aromatic rings. The van der Waals surface area contributed by atoms with Crippen molar-refractivity contribution in [3.05, 3.63) is 65.0 Å². The molecule has 4 nitrogen and oxygen atoms in total. The molecule has 0 aliphatic heterocycles. The van der Waals surface area contributed by atoms with E-state index in [0.717, 1.165) is 24.1 Å². The van der Waals surface area contributed by atoms with Crippen molar-refractivity contribution in [3.63, 3.8) is 0 Å². The van der Waals surface area contributed by atoms with Crippen LogP contribution < -0.4 is 0 Å². The van der Waals surface area contributed by atoms with Gasteiger partial charge in [-0.2, -0.15) is 0 Å². The molecule has 1 aromatic carbocycles. The number of hydrogen-bond acceptors (Lipinski definition) is 4. The quantitative estimate of drug-likeness (QED) is 0.759. The zero-order valence-electron chi connectivity index (χ0n) is 15.6. The molecule has 27 heavy (non-hydrogen) atoms. The summed E-state index contributed by atoms with van der Waals surface area (Å²) in [5.74, 6) is 1.46. The predicted octanol–water partition coefficient (Wildman–Crippen LogP) is 3.85. The summed E-state index contributed by atoms with van der Waals surface area (Å²) in [7, 11) is 0. The average molecular weight is 363 g/mol. The highest BCUT2D eigenvalue weighted by molar-refractivity contribution is 6.00. The summed E-state index contributed by atoms with van der Waals surface area (Å²) in [5, 5.41) is 9.67. The third kappa shape index (κ3) is 3.86. The van der Waals surface area contributed by atoms with Crippen LogP contribution in [0.3, 0.4) is 0 Å². The van der Waals surface area contributed by atoms with E-state index < -0.39 is 0 Å². The highest BCUT2D eigenvalue weighted by atomic mass is 16.3. The second-order valence-electron chi connectivity index (χ2n) is 7.92. The van der Waals surface area contributed by atoms with Crippen LogP contribution in [0, 0.1) is 17.8 Å². The first-order chi connectivity index (χ1) is 13.0. The molecule has 2 aliphatic carbocycles. The average Bonchev–Trinajstić information content (AvgIpc) is 3.12. The molecule has 4 atom stereocenters. The van der Waals surface area contributed by atoms with E-state index in [1.807, 2.05) is 43.3 Å². The first kappa shape index (κ1) is 18.1. The van der Waals surface area contributed by atoms with Gasteiger partial charge < -0.3 is 5.11 Å². The molecule has 140 valence electrons. The van der Waals surface area contributed by atoms with Crippen LogP contribution in [0.25, 0.3) is 0 Å². The second-order valence-corrected chi connectivity index (χ2v) is 7.92. The van der Waals surface area contributed by atoms with Crippen molar-refractivity contribution in [2.24, 2.45) is 17.8 Å². The molecule has 2 unspecified atom stereocenters. The van der Waals surface area contributed by atoms with E-state index in [1.165, 1.54) is 0 Å². The molecule has 2 fully saturated rings. The number of hydrogen-bond donors (Lipinski definition) is 1. The van der Waals surface area contributed by atoms with Crippen molar-refractivity contribution in [2.45, 2.75) is 45.1 Å². The first-order valence-electron chi connectivity index (χ1n) is 9.84. The Morgan fingerprint density at radius 1 is 1.07 bits per heavy atom. The number of nitrogens with zero attached hydrogens (tertiary/aromatic N) is 1. The van der Waals surface area contributed by atoms with E-state index >= 15 is 0 Å². The highest BCUT2D eigenvalue weighted by Crippen LogP contribution is 2.59. The molecule has 1 heterocycles. The number of fused-ring (bicyclic) bond motifs is 1. The number of benzene rings is 1. The topological polar surface area (TPSA) is 67.3 Å². The highest BCUT2D eigenvalue weighted by Gasteiger charge is 2.55. The summed E-state index contributed by atoms with van der Waals surface area (Å²) in [5.41, 5.74) is 2.85. The Labute approximate surface area is 159 Å². The van der Waals surface area contributed by atoms with Gasteiger partial charge in [-0.15, -0.1) is 0 Å². The molecule has 1 aromatic heterocycles. The van der Waals surface area contributed by atoms with Crippen LogP contribution in [-0.2, 0) is 6.42 Å². The van der Waals surface area contributed by atoms with Gasteiger partial charge in [-0.1, -0.05) is 37.3 Å². The molecule has 0 amide bonds. The van der Waals surface area contributed by atoms with Crippen LogP contribution in [0.1, 0.15) is 64.7 Å². The number of rotatable bonds is 7. The fourth-order valence-corrected chi connectivity index (χ4v) is 4.55. The number of aliphatic hydroxyl groups excluding tert-OH is 1. The molecule has 1 N–H and O–H groups in total. The molecule has 2 saturated carbocycles. The van der Waals surface area contributed by atoms with Crippen molar-refractivity contribution >= 4 is 11.6 Å². The largest absolute Gasteiger partial charge is 0.393 e. The molecule has 0 bridgehead atoms. The summed E-state index contributed by atoms with van der Waals surface area (Å²) in [6, 6.07) is 13.5. The van der Waals surface area contributed by atoms with Gasteiger partial charge in [0.2, 0.25) is 0 Å². The SMILES string of the molecule is CCC(=O)c1cc(C(=O)CC2[C@H]3CC(O)C[C@@H]23)cc(Cc2ccccc2)n1. The normalized spacial score (nSPS) is 25.9. The van der Waals surface area contributed by atoms with E-state index in [4.69, 9.17) is 0 Å². The van der Waals surface area contributed by atoms with Crippen molar-refractivity contribution in [1.29, 1.82) is 0 Å². The molecule has 4 heteroatoms. The maximum absolute atomic E-state index is 12.9. The maximum atomic E-state index is 12.9. The lowest BCUT2D eigenvalue weighted by Crippen LogP contribution is -2.11. The first-order valence-corrected chi connectivity index (χ1v) is 9.84. The van der Waals surface area contributed by atoms with Crippen LogP contribution in [-0.4, -0.2) is 27.8 Å². The minimum Gasteiger partial charge on any atom is -0.393 e. The van der Waals surface area contributed by atoms with Gasteiger partial charge in [0, 0.05) is 30.5 Å². The van der Waals surface area contributed by atoms with Crippen molar-refractivity contribution < 1.29 is 14.7 Å². The van der Waals surface area contributed by atoms with Gasteiger partial charge in [-0.05, 0) is 48.3 Å². The summed E-state index contributed by atoms with van der Waals surface area (Å²) in [4.78, 5) is 29.6. The van der Waals surface area contributed by atoms with Gasteiger partial charge >= 0.3 is 0 Å².